The zero-order chi connectivity index (χ0) is 10.3. The number of carbonyl (C=O) groups excluding carboxylic acids is 1. The van der Waals surface area contributed by atoms with Crippen LogP contribution in [0.2, 0.25) is 0 Å². The van der Waals surface area contributed by atoms with Crippen LogP contribution in [0.4, 0.5) is 10.1 Å². The second-order valence-corrected chi connectivity index (χ2v) is 3.81. The van der Waals surface area contributed by atoms with E-state index < -0.39 is 0 Å². The molecule has 14 heavy (non-hydrogen) atoms. The molecule has 74 valence electrons. The van der Waals surface area contributed by atoms with Crippen LogP contribution in [-0.2, 0) is 11.2 Å². The van der Waals surface area contributed by atoms with Gasteiger partial charge in [-0.05, 0) is 31.5 Å². The molecule has 0 bridgehead atoms. The highest BCUT2D eigenvalue weighted by Gasteiger charge is 2.29. The first-order valence-corrected chi connectivity index (χ1v) is 4.70. The zero-order valence-corrected chi connectivity index (χ0v) is 8.25. The van der Waals surface area contributed by atoms with Crippen LogP contribution in [0.15, 0.2) is 18.2 Å². The molecule has 0 atom stereocenters. The molecule has 1 aromatic rings. The predicted molar refractivity (Wildman–Crippen MR) is 52.7 cm³/mol. The molecule has 2 nitrogen and oxygen atoms in total. The van der Waals surface area contributed by atoms with E-state index in [9.17, 15) is 9.18 Å². The largest absolute Gasteiger partial charge is 0.309 e. The third-order valence-corrected chi connectivity index (χ3v) is 2.43. The Balaban J connectivity index is 2.50. The number of benzene rings is 1. The lowest BCUT2D eigenvalue weighted by atomic mass is 10.1. The summed E-state index contributed by atoms with van der Waals surface area (Å²) in [7, 11) is 0. The van der Waals surface area contributed by atoms with Gasteiger partial charge in [-0.3, -0.25) is 4.79 Å². The molecule has 0 aliphatic carbocycles. The van der Waals surface area contributed by atoms with Crippen molar-refractivity contribution >= 4 is 11.6 Å². The molecule has 0 unspecified atom stereocenters. The van der Waals surface area contributed by atoms with Crippen molar-refractivity contribution in [3.63, 3.8) is 0 Å². The zero-order valence-electron chi connectivity index (χ0n) is 8.25. The van der Waals surface area contributed by atoms with Crippen LogP contribution < -0.4 is 4.90 Å². The van der Waals surface area contributed by atoms with Gasteiger partial charge in [0.2, 0.25) is 5.91 Å². The van der Waals surface area contributed by atoms with Crippen molar-refractivity contribution in [1.29, 1.82) is 0 Å². The van der Waals surface area contributed by atoms with E-state index in [2.05, 4.69) is 0 Å². The maximum absolute atomic E-state index is 13.0. The first kappa shape index (κ1) is 9.19. The number of anilines is 1. The monoisotopic (exact) mass is 193 g/mol. The lowest BCUT2D eigenvalue weighted by Crippen LogP contribution is -2.33. The molecule has 1 amide bonds. The van der Waals surface area contributed by atoms with Crippen molar-refractivity contribution in [3.8, 4) is 0 Å². The Morgan fingerprint density at radius 3 is 2.79 bits per heavy atom. The summed E-state index contributed by atoms with van der Waals surface area (Å²) >= 11 is 0. The molecule has 0 N–H and O–H groups in total. The van der Waals surface area contributed by atoms with Gasteiger partial charge in [-0.1, -0.05) is 6.07 Å². The summed E-state index contributed by atoms with van der Waals surface area (Å²) in [5, 5.41) is 0. The molecule has 1 aliphatic heterocycles. The Morgan fingerprint density at radius 2 is 2.14 bits per heavy atom. The highest BCUT2D eigenvalue weighted by Crippen LogP contribution is 2.30. The fraction of sp³-hybridized carbons (Fsp3) is 0.364. The molecule has 1 heterocycles. The lowest BCUT2D eigenvalue weighted by Gasteiger charge is -2.21. The van der Waals surface area contributed by atoms with Crippen LogP contribution in [0.25, 0.3) is 0 Å². The number of nitrogens with zero attached hydrogens (tertiary/aromatic N) is 1. The fourth-order valence-corrected chi connectivity index (χ4v) is 1.86. The fourth-order valence-electron chi connectivity index (χ4n) is 1.86. The summed E-state index contributed by atoms with van der Waals surface area (Å²) in [4.78, 5) is 13.2. The van der Waals surface area contributed by atoms with Gasteiger partial charge in [0.25, 0.3) is 0 Å². The van der Waals surface area contributed by atoms with Gasteiger partial charge in [0.15, 0.2) is 0 Å². The second-order valence-electron chi connectivity index (χ2n) is 3.81. The second kappa shape index (κ2) is 3.08. The van der Waals surface area contributed by atoms with Crippen molar-refractivity contribution < 1.29 is 9.18 Å². The SMILES string of the molecule is CC(C)N1C(=O)Cc2ccc(F)cc21. The van der Waals surface area contributed by atoms with E-state index in [-0.39, 0.29) is 17.8 Å². The summed E-state index contributed by atoms with van der Waals surface area (Å²) in [5.74, 6) is -0.232. The lowest BCUT2D eigenvalue weighted by molar-refractivity contribution is -0.117. The Kier molecular flexibility index (Phi) is 2.02. The van der Waals surface area contributed by atoms with E-state index in [0.29, 0.717) is 6.42 Å². The van der Waals surface area contributed by atoms with E-state index >= 15 is 0 Å². The standard InChI is InChI=1S/C11H12FNO/c1-7(2)13-10-6-9(12)4-3-8(10)5-11(13)14/h3-4,6-7H,5H2,1-2H3. The molecule has 0 saturated carbocycles. The molecule has 0 fully saturated rings. The Hall–Kier alpha value is -1.38. The highest BCUT2D eigenvalue weighted by atomic mass is 19.1. The van der Waals surface area contributed by atoms with Crippen LogP contribution >= 0.6 is 0 Å². The van der Waals surface area contributed by atoms with E-state index in [1.165, 1.54) is 12.1 Å². The van der Waals surface area contributed by atoms with Crippen molar-refractivity contribution in [3.05, 3.63) is 29.6 Å². The summed E-state index contributed by atoms with van der Waals surface area (Å²) in [6.45, 7) is 3.86. The molecular formula is C11H12FNO. The first-order valence-electron chi connectivity index (χ1n) is 4.70. The van der Waals surface area contributed by atoms with Gasteiger partial charge >= 0.3 is 0 Å². The summed E-state index contributed by atoms with van der Waals surface area (Å²) in [5.41, 5.74) is 1.65. The smallest absolute Gasteiger partial charge is 0.231 e. The normalized spacial score (nSPS) is 15.1. The average Bonchev–Trinajstić information content (AvgIpc) is 2.40. The summed E-state index contributed by atoms with van der Waals surface area (Å²) in [6.07, 6.45) is 0.397. The van der Waals surface area contributed by atoms with E-state index in [1.54, 1.807) is 11.0 Å². The van der Waals surface area contributed by atoms with Gasteiger partial charge in [0.1, 0.15) is 5.82 Å². The molecule has 0 spiro atoms. The topological polar surface area (TPSA) is 20.3 Å². The van der Waals surface area contributed by atoms with Gasteiger partial charge in [0.05, 0.1) is 12.1 Å². The molecule has 1 aliphatic rings. The van der Waals surface area contributed by atoms with E-state index in [0.717, 1.165) is 11.3 Å². The van der Waals surface area contributed by atoms with Gasteiger partial charge in [-0.2, -0.15) is 0 Å². The number of halogens is 1. The molecular weight excluding hydrogens is 181 g/mol. The van der Waals surface area contributed by atoms with Crippen LogP contribution in [-0.4, -0.2) is 11.9 Å². The van der Waals surface area contributed by atoms with Gasteiger partial charge in [-0.25, -0.2) is 4.39 Å². The van der Waals surface area contributed by atoms with Gasteiger partial charge < -0.3 is 4.90 Å². The third kappa shape index (κ3) is 1.29. The molecule has 0 radical (unpaired) electrons. The summed E-state index contributed by atoms with van der Waals surface area (Å²) < 4.78 is 13.0. The van der Waals surface area contributed by atoms with Crippen molar-refractivity contribution in [2.75, 3.05) is 4.90 Å². The van der Waals surface area contributed by atoms with Gasteiger partial charge in [-0.15, -0.1) is 0 Å². The Bertz CT molecular complexity index is 387. The number of hydrogen-bond donors (Lipinski definition) is 0. The average molecular weight is 193 g/mol. The van der Waals surface area contributed by atoms with Crippen LogP contribution in [0.5, 0.6) is 0 Å². The molecule has 0 aromatic heterocycles. The van der Waals surface area contributed by atoms with Gasteiger partial charge in [0, 0.05) is 6.04 Å². The maximum atomic E-state index is 13.0. The summed E-state index contributed by atoms with van der Waals surface area (Å²) in [6, 6.07) is 4.60. The minimum Gasteiger partial charge on any atom is -0.309 e. The van der Waals surface area contributed by atoms with E-state index in [1.807, 2.05) is 13.8 Å². The molecule has 0 saturated heterocycles. The predicted octanol–water partition coefficient (Wildman–Crippen LogP) is 2.12. The first-order chi connectivity index (χ1) is 6.59. The minimum atomic E-state index is -0.288. The van der Waals surface area contributed by atoms with Crippen molar-refractivity contribution in [2.45, 2.75) is 26.3 Å². The maximum Gasteiger partial charge on any atom is 0.231 e. The van der Waals surface area contributed by atoms with Crippen LogP contribution in [0.3, 0.4) is 0 Å². The molecule has 3 heteroatoms. The number of hydrogen-bond acceptors (Lipinski definition) is 1. The Labute approximate surface area is 82.3 Å². The number of amides is 1. The third-order valence-electron chi connectivity index (χ3n) is 2.43. The highest BCUT2D eigenvalue weighted by molar-refractivity contribution is 6.01. The van der Waals surface area contributed by atoms with Crippen LogP contribution in [0.1, 0.15) is 19.4 Å². The minimum absolute atomic E-state index is 0.0561. The van der Waals surface area contributed by atoms with Crippen molar-refractivity contribution in [2.24, 2.45) is 0 Å². The Morgan fingerprint density at radius 1 is 1.43 bits per heavy atom. The number of rotatable bonds is 1. The quantitative estimate of drug-likeness (QED) is 0.669. The number of fused-ring (bicyclic) bond motifs is 1. The molecule has 1 aromatic carbocycles. The van der Waals surface area contributed by atoms with E-state index in [4.69, 9.17) is 0 Å². The molecule has 2 rings (SSSR count). The van der Waals surface area contributed by atoms with Crippen molar-refractivity contribution in [1.82, 2.24) is 0 Å². The van der Waals surface area contributed by atoms with Crippen LogP contribution in [0, 0.1) is 5.82 Å². The number of carbonyl (C=O) groups is 1.